The number of aliphatic hydroxyl groups is 1. The Balaban J connectivity index is 4.36. The summed E-state index contributed by atoms with van der Waals surface area (Å²) in [6, 6.07) is -0.850. The van der Waals surface area contributed by atoms with Crippen molar-refractivity contribution >= 4 is 13.7 Å². The van der Waals surface area contributed by atoms with Crippen LogP contribution in [0.5, 0.6) is 0 Å². The second-order valence-electron chi connectivity index (χ2n) is 11.1. The van der Waals surface area contributed by atoms with Crippen LogP contribution in [-0.4, -0.2) is 73.4 Å². The van der Waals surface area contributed by atoms with Crippen LogP contribution >= 0.6 is 7.82 Å². The van der Waals surface area contributed by atoms with Crippen LogP contribution in [0, 0.1) is 0 Å². The van der Waals surface area contributed by atoms with Crippen molar-refractivity contribution in [2.24, 2.45) is 0 Å². The third-order valence-corrected chi connectivity index (χ3v) is 7.02. The molecule has 40 heavy (non-hydrogen) atoms. The zero-order valence-electron chi connectivity index (χ0n) is 25.8. The Morgan fingerprint density at radius 2 is 1.50 bits per heavy atom. The number of hydrogen-bond donors (Lipinski definition) is 3. The summed E-state index contributed by atoms with van der Waals surface area (Å²) in [5.74, 6) is -0.212. The molecule has 0 aromatic carbocycles. The molecule has 0 aromatic heterocycles. The lowest BCUT2D eigenvalue weighted by molar-refractivity contribution is -0.870. The highest BCUT2D eigenvalue weighted by atomic mass is 31.2. The number of unbranched alkanes of at least 4 members (excludes halogenated alkanes) is 6. The fourth-order valence-corrected chi connectivity index (χ4v) is 4.32. The third kappa shape index (κ3) is 25.4. The van der Waals surface area contributed by atoms with Crippen molar-refractivity contribution in [1.82, 2.24) is 5.32 Å². The van der Waals surface area contributed by atoms with Gasteiger partial charge in [-0.05, 0) is 44.9 Å². The molecular formula is C31H58N2O6P+. The summed E-state index contributed by atoms with van der Waals surface area (Å²) in [5.41, 5.74) is 0. The molecule has 0 saturated carbocycles. The summed E-state index contributed by atoms with van der Waals surface area (Å²) in [6.07, 6.45) is 26.8. The van der Waals surface area contributed by atoms with Gasteiger partial charge < -0.3 is 19.8 Å². The number of allylic oxidation sites excluding steroid dienone is 7. The average Bonchev–Trinajstić information content (AvgIpc) is 2.88. The van der Waals surface area contributed by atoms with E-state index in [0.29, 0.717) is 17.4 Å². The Kier molecular flexibility index (Phi) is 23.2. The SMILES string of the molecule is CC/C=C\C/C=C\C/C=C\CCCCCCCC(=O)NC(COP(=O)(O)OCC[N+](C)(C)C)C(O)/C=C/CCC. The van der Waals surface area contributed by atoms with E-state index in [-0.39, 0.29) is 19.1 Å². The number of likely N-dealkylation sites (N-methyl/N-ethyl adjacent to an activating group) is 1. The Hall–Kier alpha value is -1.54. The summed E-state index contributed by atoms with van der Waals surface area (Å²) in [7, 11) is 1.54. The maximum atomic E-state index is 12.5. The molecule has 0 saturated heterocycles. The average molecular weight is 586 g/mol. The van der Waals surface area contributed by atoms with Crippen molar-refractivity contribution in [3.63, 3.8) is 0 Å². The number of aliphatic hydroxyl groups excluding tert-OH is 1. The van der Waals surface area contributed by atoms with Crippen molar-refractivity contribution in [3.05, 3.63) is 48.6 Å². The number of carbonyl (C=O) groups excluding carboxylic acids is 1. The van der Waals surface area contributed by atoms with Gasteiger partial charge in [-0.25, -0.2) is 4.57 Å². The van der Waals surface area contributed by atoms with Gasteiger partial charge in [0.05, 0.1) is 39.9 Å². The molecule has 0 aliphatic heterocycles. The van der Waals surface area contributed by atoms with Crippen molar-refractivity contribution in [2.75, 3.05) is 40.9 Å². The Bertz CT molecular complexity index is 804. The molecule has 0 heterocycles. The van der Waals surface area contributed by atoms with Crippen LogP contribution in [0.15, 0.2) is 48.6 Å². The minimum absolute atomic E-state index is 0.0537. The largest absolute Gasteiger partial charge is 0.472 e. The van der Waals surface area contributed by atoms with Gasteiger partial charge in [0, 0.05) is 6.42 Å². The van der Waals surface area contributed by atoms with Crippen LogP contribution in [-0.2, 0) is 18.4 Å². The van der Waals surface area contributed by atoms with Crippen molar-refractivity contribution in [2.45, 2.75) is 103 Å². The molecule has 0 fully saturated rings. The Morgan fingerprint density at radius 3 is 2.15 bits per heavy atom. The number of amides is 1. The van der Waals surface area contributed by atoms with Gasteiger partial charge in [-0.1, -0.05) is 88.1 Å². The molecular weight excluding hydrogens is 527 g/mol. The van der Waals surface area contributed by atoms with Gasteiger partial charge in [-0.15, -0.1) is 0 Å². The lowest BCUT2D eigenvalue weighted by Crippen LogP contribution is -2.45. The molecule has 0 rings (SSSR count). The molecule has 0 spiro atoms. The lowest BCUT2D eigenvalue weighted by Gasteiger charge is -2.25. The van der Waals surface area contributed by atoms with Gasteiger partial charge in [0.15, 0.2) is 0 Å². The molecule has 0 aromatic rings. The van der Waals surface area contributed by atoms with Crippen LogP contribution in [0.2, 0.25) is 0 Å². The molecule has 0 aliphatic rings. The van der Waals surface area contributed by atoms with Gasteiger partial charge >= 0.3 is 7.82 Å². The van der Waals surface area contributed by atoms with Crippen LogP contribution < -0.4 is 5.32 Å². The highest BCUT2D eigenvalue weighted by Gasteiger charge is 2.27. The maximum absolute atomic E-state index is 12.5. The molecule has 232 valence electrons. The first kappa shape index (κ1) is 38.5. The normalized spacial score (nSPS) is 15.9. The van der Waals surface area contributed by atoms with Gasteiger partial charge in [0.25, 0.3) is 0 Å². The number of nitrogens with zero attached hydrogens (tertiary/aromatic N) is 1. The zero-order chi connectivity index (χ0) is 30.1. The highest BCUT2D eigenvalue weighted by molar-refractivity contribution is 7.47. The van der Waals surface area contributed by atoms with E-state index < -0.39 is 20.0 Å². The molecule has 0 radical (unpaired) electrons. The molecule has 3 N–H and O–H groups in total. The van der Waals surface area contributed by atoms with Crippen molar-refractivity contribution in [1.29, 1.82) is 0 Å². The number of phosphoric acid groups is 1. The maximum Gasteiger partial charge on any atom is 0.472 e. The van der Waals surface area contributed by atoms with E-state index in [2.05, 4.69) is 48.7 Å². The van der Waals surface area contributed by atoms with E-state index in [1.165, 1.54) is 0 Å². The van der Waals surface area contributed by atoms with E-state index in [9.17, 15) is 19.4 Å². The number of quaternary nitrogens is 1. The summed E-state index contributed by atoms with van der Waals surface area (Å²) < 4.78 is 23.0. The standard InChI is InChI=1S/C31H57N2O6P/c1-6-8-10-11-12-13-14-15-16-17-18-19-20-21-23-25-31(35)32-29(30(34)24-22-9-7-2)28-39-40(36,37)38-27-26-33(3,4)5/h8,10,12-13,15-16,22,24,29-30,34H,6-7,9,11,14,17-21,23,25-28H2,1-5H3,(H-,32,35,36,37)/p+1/b10-8-,13-12-,16-15-,24-22+. The van der Waals surface area contributed by atoms with Crippen LogP contribution in [0.4, 0.5) is 0 Å². The van der Waals surface area contributed by atoms with Gasteiger partial charge in [0.2, 0.25) is 5.91 Å². The first-order valence-corrected chi connectivity index (χ1v) is 16.5. The van der Waals surface area contributed by atoms with E-state index in [1.807, 2.05) is 34.1 Å². The first-order chi connectivity index (χ1) is 19.0. The minimum atomic E-state index is -4.31. The topological polar surface area (TPSA) is 105 Å². The van der Waals surface area contributed by atoms with E-state index in [4.69, 9.17) is 9.05 Å². The van der Waals surface area contributed by atoms with Gasteiger partial charge in [0.1, 0.15) is 13.2 Å². The molecule has 1 amide bonds. The van der Waals surface area contributed by atoms with E-state index in [1.54, 1.807) is 6.08 Å². The number of phosphoric ester groups is 1. The summed E-state index contributed by atoms with van der Waals surface area (Å²) >= 11 is 0. The Morgan fingerprint density at radius 1 is 0.875 bits per heavy atom. The van der Waals surface area contributed by atoms with Crippen molar-refractivity contribution in [3.8, 4) is 0 Å². The quantitative estimate of drug-likeness (QED) is 0.0482. The smallest absolute Gasteiger partial charge is 0.387 e. The number of rotatable bonds is 25. The summed E-state index contributed by atoms with van der Waals surface area (Å²) in [4.78, 5) is 22.6. The van der Waals surface area contributed by atoms with Crippen molar-refractivity contribution < 1.29 is 32.9 Å². The molecule has 8 nitrogen and oxygen atoms in total. The number of nitrogens with one attached hydrogen (secondary N) is 1. The monoisotopic (exact) mass is 585 g/mol. The predicted octanol–water partition coefficient (Wildman–Crippen LogP) is 6.62. The molecule has 3 unspecified atom stereocenters. The summed E-state index contributed by atoms with van der Waals surface area (Å²) in [6.45, 7) is 4.42. The zero-order valence-corrected chi connectivity index (χ0v) is 26.7. The van der Waals surface area contributed by atoms with Gasteiger partial charge in [-0.2, -0.15) is 0 Å². The van der Waals surface area contributed by atoms with Crippen LogP contribution in [0.25, 0.3) is 0 Å². The lowest BCUT2D eigenvalue weighted by atomic mass is 10.1. The van der Waals surface area contributed by atoms with Gasteiger partial charge in [-0.3, -0.25) is 13.8 Å². The number of hydrogen-bond acceptors (Lipinski definition) is 5. The fourth-order valence-electron chi connectivity index (χ4n) is 3.59. The summed E-state index contributed by atoms with van der Waals surface area (Å²) in [5, 5.41) is 13.3. The molecule has 3 atom stereocenters. The van der Waals surface area contributed by atoms with Crippen LogP contribution in [0.3, 0.4) is 0 Å². The molecule has 0 bridgehead atoms. The van der Waals surface area contributed by atoms with E-state index >= 15 is 0 Å². The first-order valence-electron chi connectivity index (χ1n) is 15.0. The second-order valence-corrected chi connectivity index (χ2v) is 12.5. The fraction of sp³-hybridized carbons (Fsp3) is 0.710. The van der Waals surface area contributed by atoms with E-state index in [0.717, 1.165) is 70.6 Å². The molecule has 9 heteroatoms. The second kappa shape index (κ2) is 24.1. The highest BCUT2D eigenvalue weighted by Crippen LogP contribution is 2.43. The Labute approximate surface area is 244 Å². The number of carbonyl (C=O) groups is 1. The van der Waals surface area contributed by atoms with Crippen LogP contribution in [0.1, 0.15) is 90.9 Å². The third-order valence-electron chi connectivity index (χ3n) is 6.04. The minimum Gasteiger partial charge on any atom is -0.387 e. The molecule has 0 aliphatic carbocycles. The predicted molar refractivity (Wildman–Crippen MR) is 166 cm³/mol.